The number of aromatic nitrogens is 1. The van der Waals surface area contributed by atoms with Crippen LogP contribution in [0.2, 0.25) is 0 Å². The molecule has 2 N–H and O–H groups in total. The molecule has 0 unspecified atom stereocenters. The van der Waals surface area contributed by atoms with Crippen molar-refractivity contribution in [1.82, 2.24) is 9.47 Å². The van der Waals surface area contributed by atoms with Crippen LogP contribution in [0.25, 0.3) is 0 Å². The quantitative estimate of drug-likeness (QED) is 0.812. The normalized spacial score (nSPS) is 27.5. The molecule has 2 atom stereocenters. The standard InChI is InChI=1S/C18H28N2O4/c1-17(2,3)20-7-4-13(11-20)16(23)19-8-5-18(6-9-19)10-14(21)15(22)12-24-18/h4,7,11,14-15,21-22H,5-6,8-10,12H2,1-3H3/t14-,15+/m1/s1. The first-order valence-corrected chi connectivity index (χ1v) is 8.68. The van der Waals surface area contributed by atoms with Gasteiger partial charge in [0.1, 0.15) is 6.10 Å². The van der Waals surface area contributed by atoms with Crippen LogP contribution in [0.1, 0.15) is 50.4 Å². The fourth-order valence-electron chi connectivity index (χ4n) is 3.54. The van der Waals surface area contributed by atoms with Crippen molar-refractivity contribution in [3.8, 4) is 0 Å². The van der Waals surface area contributed by atoms with E-state index in [0.29, 0.717) is 37.9 Å². The first-order valence-electron chi connectivity index (χ1n) is 8.68. The molecule has 0 bridgehead atoms. The van der Waals surface area contributed by atoms with Gasteiger partial charge in [-0.2, -0.15) is 0 Å². The van der Waals surface area contributed by atoms with Crippen molar-refractivity contribution in [2.75, 3.05) is 19.7 Å². The number of carbonyl (C=O) groups is 1. The van der Waals surface area contributed by atoms with Gasteiger partial charge in [0, 0.05) is 37.4 Å². The van der Waals surface area contributed by atoms with E-state index >= 15 is 0 Å². The SMILES string of the molecule is CC(C)(C)n1ccc(C(=O)N2CCC3(CC2)C[C@@H](O)[C@@H](O)CO3)c1. The van der Waals surface area contributed by atoms with Gasteiger partial charge in [0.15, 0.2) is 0 Å². The van der Waals surface area contributed by atoms with Crippen molar-refractivity contribution in [2.45, 2.75) is 63.4 Å². The third kappa shape index (κ3) is 3.36. The zero-order chi connectivity index (χ0) is 17.5. The first-order chi connectivity index (χ1) is 11.2. The van der Waals surface area contributed by atoms with Crippen molar-refractivity contribution in [1.29, 1.82) is 0 Å². The van der Waals surface area contributed by atoms with Crippen LogP contribution in [-0.2, 0) is 10.3 Å². The molecule has 1 spiro atoms. The highest BCUT2D eigenvalue weighted by Gasteiger charge is 2.43. The van der Waals surface area contributed by atoms with E-state index in [1.54, 1.807) is 0 Å². The monoisotopic (exact) mass is 336 g/mol. The van der Waals surface area contributed by atoms with E-state index in [2.05, 4.69) is 20.8 Å². The fourth-order valence-corrected chi connectivity index (χ4v) is 3.54. The van der Waals surface area contributed by atoms with Crippen molar-refractivity contribution < 1.29 is 19.7 Å². The molecule has 2 saturated heterocycles. The van der Waals surface area contributed by atoms with Crippen LogP contribution in [-0.4, -0.2) is 63.1 Å². The third-order valence-electron chi connectivity index (χ3n) is 5.26. The van der Waals surface area contributed by atoms with Gasteiger partial charge in [0.25, 0.3) is 5.91 Å². The number of nitrogens with zero attached hydrogens (tertiary/aromatic N) is 2. The largest absolute Gasteiger partial charge is 0.390 e. The lowest BCUT2D eigenvalue weighted by molar-refractivity contribution is -0.185. The molecule has 1 amide bonds. The summed E-state index contributed by atoms with van der Waals surface area (Å²) >= 11 is 0. The lowest BCUT2D eigenvalue weighted by atomic mass is 9.82. The summed E-state index contributed by atoms with van der Waals surface area (Å²) in [6, 6.07) is 1.87. The van der Waals surface area contributed by atoms with E-state index in [0.717, 1.165) is 0 Å². The zero-order valence-corrected chi connectivity index (χ0v) is 14.7. The second kappa shape index (κ2) is 6.17. The van der Waals surface area contributed by atoms with Gasteiger partial charge in [0.2, 0.25) is 0 Å². The lowest BCUT2D eigenvalue weighted by Gasteiger charge is -2.46. The number of aliphatic hydroxyl groups is 2. The minimum absolute atomic E-state index is 0.0442. The smallest absolute Gasteiger partial charge is 0.255 e. The lowest BCUT2D eigenvalue weighted by Crippen LogP contribution is -2.55. The minimum Gasteiger partial charge on any atom is -0.390 e. The average molecular weight is 336 g/mol. The van der Waals surface area contributed by atoms with Crippen LogP contribution in [0.4, 0.5) is 0 Å². The molecule has 1 aromatic heterocycles. The van der Waals surface area contributed by atoms with Gasteiger partial charge in [-0.05, 0) is 39.7 Å². The number of hydrogen-bond donors (Lipinski definition) is 2. The Kier molecular flexibility index (Phi) is 4.49. The highest BCUT2D eigenvalue weighted by atomic mass is 16.5. The Morgan fingerprint density at radius 1 is 1.25 bits per heavy atom. The van der Waals surface area contributed by atoms with Crippen LogP contribution >= 0.6 is 0 Å². The second-order valence-corrected chi connectivity index (χ2v) is 8.10. The maximum Gasteiger partial charge on any atom is 0.255 e. The Bertz CT molecular complexity index is 596. The first kappa shape index (κ1) is 17.5. The van der Waals surface area contributed by atoms with Gasteiger partial charge >= 0.3 is 0 Å². The number of amides is 1. The van der Waals surface area contributed by atoms with E-state index in [4.69, 9.17) is 4.74 Å². The molecule has 0 aliphatic carbocycles. The molecule has 0 aromatic carbocycles. The maximum atomic E-state index is 12.7. The Morgan fingerprint density at radius 3 is 2.46 bits per heavy atom. The molecular weight excluding hydrogens is 308 g/mol. The van der Waals surface area contributed by atoms with Crippen molar-refractivity contribution >= 4 is 5.91 Å². The predicted octanol–water partition coefficient (Wildman–Crippen LogP) is 1.36. The zero-order valence-electron chi connectivity index (χ0n) is 14.7. The molecule has 2 aliphatic rings. The second-order valence-electron chi connectivity index (χ2n) is 8.10. The molecule has 6 heteroatoms. The summed E-state index contributed by atoms with van der Waals surface area (Å²) in [7, 11) is 0. The average Bonchev–Trinajstić information content (AvgIpc) is 3.02. The van der Waals surface area contributed by atoms with Crippen LogP contribution in [0.3, 0.4) is 0 Å². The van der Waals surface area contributed by atoms with Gasteiger partial charge in [0.05, 0.1) is 23.9 Å². The number of piperidine rings is 1. The molecule has 3 heterocycles. The summed E-state index contributed by atoms with van der Waals surface area (Å²) in [5.41, 5.74) is 0.269. The summed E-state index contributed by atoms with van der Waals surface area (Å²) in [5.74, 6) is 0.0456. The van der Waals surface area contributed by atoms with E-state index in [9.17, 15) is 15.0 Å². The van der Waals surface area contributed by atoms with Crippen molar-refractivity contribution in [3.05, 3.63) is 24.0 Å². The Labute approximate surface area is 143 Å². The summed E-state index contributed by atoms with van der Waals surface area (Å²) in [4.78, 5) is 14.6. The number of rotatable bonds is 1. The number of carbonyl (C=O) groups excluding carboxylic acids is 1. The van der Waals surface area contributed by atoms with Gasteiger partial charge < -0.3 is 24.4 Å². The number of hydrogen-bond acceptors (Lipinski definition) is 4. The van der Waals surface area contributed by atoms with Gasteiger partial charge in [-0.25, -0.2) is 0 Å². The molecule has 134 valence electrons. The van der Waals surface area contributed by atoms with E-state index in [1.807, 2.05) is 27.9 Å². The van der Waals surface area contributed by atoms with Gasteiger partial charge in [-0.3, -0.25) is 4.79 Å². The number of aliphatic hydroxyl groups excluding tert-OH is 2. The van der Waals surface area contributed by atoms with Crippen LogP contribution < -0.4 is 0 Å². The van der Waals surface area contributed by atoms with E-state index in [-0.39, 0.29) is 18.1 Å². The Morgan fingerprint density at radius 2 is 1.92 bits per heavy atom. The van der Waals surface area contributed by atoms with Crippen LogP contribution in [0.5, 0.6) is 0 Å². The molecular formula is C18H28N2O4. The van der Waals surface area contributed by atoms with Crippen LogP contribution in [0.15, 0.2) is 18.5 Å². The highest BCUT2D eigenvalue weighted by Crippen LogP contribution is 2.35. The Balaban J connectivity index is 1.62. The summed E-state index contributed by atoms with van der Waals surface area (Å²) in [5, 5.41) is 19.5. The summed E-state index contributed by atoms with van der Waals surface area (Å²) in [6.45, 7) is 7.71. The van der Waals surface area contributed by atoms with Gasteiger partial charge in [-0.15, -0.1) is 0 Å². The van der Waals surface area contributed by atoms with E-state index < -0.39 is 17.8 Å². The van der Waals surface area contributed by atoms with Crippen LogP contribution in [0, 0.1) is 0 Å². The molecule has 0 saturated carbocycles. The molecule has 1 aromatic rings. The number of ether oxygens (including phenoxy) is 1. The Hall–Kier alpha value is -1.37. The molecule has 3 rings (SSSR count). The fraction of sp³-hybridized carbons (Fsp3) is 0.722. The maximum absolute atomic E-state index is 12.7. The minimum atomic E-state index is -0.799. The van der Waals surface area contributed by atoms with Crippen molar-refractivity contribution in [3.63, 3.8) is 0 Å². The molecule has 2 fully saturated rings. The summed E-state index contributed by atoms with van der Waals surface area (Å²) < 4.78 is 7.87. The van der Waals surface area contributed by atoms with E-state index in [1.165, 1.54) is 0 Å². The third-order valence-corrected chi connectivity index (χ3v) is 5.26. The topological polar surface area (TPSA) is 74.9 Å². The molecule has 6 nitrogen and oxygen atoms in total. The predicted molar refractivity (Wildman–Crippen MR) is 89.9 cm³/mol. The van der Waals surface area contributed by atoms with Gasteiger partial charge in [-0.1, -0.05) is 0 Å². The van der Waals surface area contributed by atoms with Crippen molar-refractivity contribution in [2.24, 2.45) is 0 Å². The molecule has 2 aliphatic heterocycles. The highest BCUT2D eigenvalue weighted by molar-refractivity contribution is 5.94. The number of likely N-dealkylation sites (tertiary alicyclic amines) is 1. The summed E-state index contributed by atoms with van der Waals surface area (Å²) in [6.07, 6.45) is 4.15. The molecule has 24 heavy (non-hydrogen) atoms. The molecule has 0 radical (unpaired) electrons.